The summed E-state index contributed by atoms with van der Waals surface area (Å²) >= 11 is 0. The van der Waals surface area contributed by atoms with Crippen LogP contribution >= 0.6 is 0 Å². The van der Waals surface area contributed by atoms with Crippen molar-refractivity contribution in [2.75, 3.05) is 32.6 Å². The van der Waals surface area contributed by atoms with Crippen molar-refractivity contribution in [3.05, 3.63) is 65.5 Å². The highest BCUT2D eigenvalue weighted by Crippen LogP contribution is 2.33. The van der Waals surface area contributed by atoms with E-state index >= 15 is 0 Å². The number of hydrogen-bond donors (Lipinski definition) is 1. The number of amides is 2. The van der Waals surface area contributed by atoms with Crippen molar-refractivity contribution in [3.8, 4) is 17.2 Å². The smallest absolute Gasteiger partial charge is 0.322 e. The average molecular weight is 490 g/mol. The normalized spacial score (nSPS) is 15.3. The van der Waals surface area contributed by atoms with E-state index in [-0.39, 0.29) is 12.1 Å². The zero-order valence-corrected chi connectivity index (χ0v) is 21.4. The number of benzene rings is 2. The molecule has 2 aromatic carbocycles. The predicted molar refractivity (Wildman–Crippen MR) is 140 cm³/mol. The summed E-state index contributed by atoms with van der Waals surface area (Å²) < 4.78 is 13.0. The van der Waals surface area contributed by atoms with Gasteiger partial charge in [-0.3, -0.25) is 4.90 Å². The van der Waals surface area contributed by atoms with E-state index in [4.69, 9.17) is 14.6 Å². The molecule has 1 aliphatic heterocycles. The third-order valence-electron chi connectivity index (χ3n) is 6.96. The lowest BCUT2D eigenvalue weighted by molar-refractivity contribution is 0.204. The van der Waals surface area contributed by atoms with E-state index in [1.165, 1.54) is 11.3 Å². The second-order valence-electron chi connectivity index (χ2n) is 9.50. The molecule has 0 unspecified atom stereocenters. The fourth-order valence-corrected chi connectivity index (χ4v) is 4.99. The van der Waals surface area contributed by atoms with Gasteiger partial charge in [-0.2, -0.15) is 5.10 Å². The average Bonchev–Trinajstić information content (AvgIpc) is 3.69. The number of nitrogens with zero attached hydrogens (tertiary/aromatic N) is 4. The van der Waals surface area contributed by atoms with Crippen LogP contribution < -0.4 is 14.8 Å². The standard InChI is InChI=1S/C28H35N5O3/c1-4-15-31-16-14-25-23(18-31)24(30-33(25)26-10-5-6-11-27(26)36-3)19-32(21-12-13-21)28(34)29-20-8-7-9-22(17-20)35-2/h5-11,17,21H,4,12-16,18-19H2,1-3H3,(H,29,34). The molecule has 1 N–H and O–H groups in total. The van der Waals surface area contributed by atoms with Crippen LogP contribution in [0.15, 0.2) is 48.5 Å². The van der Waals surface area contributed by atoms with E-state index < -0.39 is 0 Å². The largest absolute Gasteiger partial charge is 0.497 e. The highest BCUT2D eigenvalue weighted by Gasteiger charge is 2.35. The van der Waals surface area contributed by atoms with Gasteiger partial charge in [-0.1, -0.05) is 25.1 Å². The Morgan fingerprint density at radius 1 is 1.14 bits per heavy atom. The topological polar surface area (TPSA) is 71.9 Å². The summed E-state index contributed by atoms with van der Waals surface area (Å²) in [5.41, 5.74) is 5.07. The maximum Gasteiger partial charge on any atom is 0.322 e. The lowest BCUT2D eigenvalue weighted by atomic mass is 10.0. The first-order valence-corrected chi connectivity index (χ1v) is 12.8. The molecule has 0 spiro atoms. The van der Waals surface area contributed by atoms with Gasteiger partial charge in [-0.25, -0.2) is 9.48 Å². The Hall–Kier alpha value is -3.52. The van der Waals surface area contributed by atoms with Crippen LogP contribution in [0.4, 0.5) is 10.5 Å². The number of methoxy groups -OCH3 is 2. The van der Waals surface area contributed by atoms with Crippen molar-refractivity contribution in [2.45, 2.75) is 51.7 Å². The van der Waals surface area contributed by atoms with Gasteiger partial charge in [0.05, 0.1) is 32.2 Å². The van der Waals surface area contributed by atoms with E-state index in [1.54, 1.807) is 14.2 Å². The molecule has 3 aromatic rings. The van der Waals surface area contributed by atoms with Gasteiger partial charge in [0.15, 0.2) is 0 Å². The maximum absolute atomic E-state index is 13.4. The first-order valence-electron chi connectivity index (χ1n) is 12.8. The number of nitrogens with one attached hydrogen (secondary N) is 1. The van der Waals surface area contributed by atoms with E-state index in [2.05, 4.69) is 17.1 Å². The van der Waals surface area contributed by atoms with Crippen molar-refractivity contribution >= 4 is 11.7 Å². The molecule has 2 aliphatic rings. The summed E-state index contributed by atoms with van der Waals surface area (Å²) in [7, 11) is 3.32. The molecule has 1 aliphatic carbocycles. The van der Waals surface area contributed by atoms with Crippen molar-refractivity contribution in [2.24, 2.45) is 0 Å². The molecule has 2 heterocycles. The molecule has 8 nitrogen and oxygen atoms in total. The Bertz CT molecular complexity index is 1220. The third-order valence-corrected chi connectivity index (χ3v) is 6.96. The van der Waals surface area contributed by atoms with Gasteiger partial charge >= 0.3 is 6.03 Å². The number of carbonyl (C=O) groups excluding carboxylic acids is 1. The van der Waals surface area contributed by atoms with Crippen LogP contribution in [-0.4, -0.2) is 59.0 Å². The zero-order valence-electron chi connectivity index (χ0n) is 21.4. The molecule has 36 heavy (non-hydrogen) atoms. The summed E-state index contributed by atoms with van der Waals surface area (Å²) in [5.74, 6) is 1.51. The third kappa shape index (κ3) is 5.04. The Balaban J connectivity index is 1.47. The van der Waals surface area contributed by atoms with Gasteiger partial charge in [-0.05, 0) is 50.1 Å². The molecule has 2 amide bonds. The molecule has 0 atom stereocenters. The van der Waals surface area contributed by atoms with E-state index in [1.807, 2.05) is 58.1 Å². The maximum atomic E-state index is 13.4. The highest BCUT2D eigenvalue weighted by molar-refractivity contribution is 5.90. The van der Waals surface area contributed by atoms with E-state index in [0.29, 0.717) is 12.3 Å². The van der Waals surface area contributed by atoms with Crippen LogP contribution in [0.2, 0.25) is 0 Å². The van der Waals surface area contributed by atoms with E-state index in [0.717, 1.165) is 68.1 Å². The second kappa shape index (κ2) is 10.6. The zero-order chi connectivity index (χ0) is 25.1. The van der Waals surface area contributed by atoms with Crippen LogP contribution in [0.3, 0.4) is 0 Å². The van der Waals surface area contributed by atoms with Crippen molar-refractivity contribution in [1.82, 2.24) is 19.6 Å². The minimum Gasteiger partial charge on any atom is -0.497 e. The Kier molecular flexibility index (Phi) is 7.13. The molecule has 1 aromatic heterocycles. The van der Waals surface area contributed by atoms with Crippen LogP contribution in [0, 0.1) is 0 Å². The first kappa shape index (κ1) is 24.2. The van der Waals surface area contributed by atoms with Gasteiger partial charge in [-0.15, -0.1) is 0 Å². The number of carbonyl (C=O) groups is 1. The fourth-order valence-electron chi connectivity index (χ4n) is 4.99. The van der Waals surface area contributed by atoms with Gasteiger partial charge in [0.25, 0.3) is 0 Å². The predicted octanol–water partition coefficient (Wildman–Crippen LogP) is 4.85. The number of fused-ring (bicyclic) bond motifs is 1. The summed E-state index contributed by atoms with van der Waals surface area (Å²) in [6, 6.07) is 15.6. The Morgan fingerprint density at radius 2 is 1.97 bits per heavy atom. The number of rotatable bonds is 9. The molecule has 5 rings (SSSR count). The number of anilines is 1. The molecular formula is C28H35N5O3. The first-order chi connectivity index (χ1) is 17.6. The summed E-state index contributed by atoms with van der Waals surface area (Å²) in [6.45, 7) is 5.60. The minimum atomic E-state index is -0.104. The molecule has 190 valence electrons. The quantitative estimate of drug-likeness (QED) is 0.465. The molecule has 0 radical (unpaired) electrons. The van der Waals surface area contributed by atoms with Crippen LogP contribution in [0.1, 0.15) is 43.1 Å². The lowest BCUT2D eigenvalue weighted by Gasteiger charge is -2.28. The molecule has 8 heteroatoms. The van der Waals surface area contributed by atoms with Crippen molar-refractivity contribution < 1.29 is 14.3 Å². The van der Waals surface area contributed by atoms with Crippen LogP contribution in [-0.2, 0) is 19.5 Å². The lowest BCUT2D eigenvalue weighted by Crippen LogP contribution is -2.37. The Labute approximate surface area is 212 Å². The number of aromatic nitrogens is 2. The SMILES string of the molecule is CCCN1CCc2c(c(CN(C(=O)Nc3cccc(OC)c3)C3CC3)nn2-c2ccccc2OC)C1. The molecule has 0 bridgehead atoms. The number of urea groups is 1. The Morgan fingerprint density at radius 3 is 2.72 bits per heavy atom. The number of hydrogen-bond acceptors (Lipinski definition) is 5. The number of ether oxygens (including phenoxy) is 2. The number of para-hydroxylation sites is 2. The van der Waals surface area contributed by atoms with Crippen LogP contribution in [0.5, 0.6) is 11.5 Å². The second-order valence-corrected chi connectivity index (χ2v) is 9.50. The fraction of sp³-hybridized carbons (Fsp3) is 0.429. The molecule has 1 saturated carbocycles. The van der Waals surface area contributed by atoms with Crippen molar-refractivity contribution in [1.29, 1.82) is 0 Å². The van der Waals surface area contributed by atoms with Gasteiger partial charge in [0, 0.05) is 42.9 Å². The summed E-state index contributed by atoms with van der Waals surface area (Å²) in [5, 5.41) is 8.17. The molecule has 0 saturated heterocycles. The minimum absolute atomic E-state index is 0.104. The van der Waals surface area contributed by atoms with Crippen LogP contribution in [0.25, 0.3) is 5.69 Å². The van der Waals surface area contributed by atoms with Gasteiger partial charge < -0.3 is 19.7 Å². The molecular weight excluding hydrogens is 454 g/mol. The summed E-state index contributed by atoms with van der Waals surface area (Å²) in [6.07, 6.45) is 4.06. The van der Waals surface area contributed by atoms with Crippen molar-refractivity contribution in [3.63, 3.8) is 0 Å². The molecule has 1 fully saturated rings. The van der Waals surface area contributed by atoms with E-state index in [9.17, 15) is 4.79 Å². The monoisotopic (exact) mass is 489 g/mol. The van der Waals surface area contributed by atoms with Gasteiger partial charge in [0.1, 0.15) is 17.2 Å². The van der Waals surface area contributed by atoms with Gasteiger partial charge in [0.2, 0.25) is 0 Å². The summed E-state index contributed by atoms with van der Waals surface area (Å²) in [4.78, 5) is 17.8. The highest BCUT2D eigenvalue weighted by atomic mass is 16.5.